The Balaban J connectivity index is 1.69. The summed E-state index contributed by atoms with van der Waals surface area (Å²) in [5.41, 5.74) is 0.546. The number of likely N-dealkylation sites (tertiary alicyclic amines) is 2. The van der Waals surface area contributed by atoms with Crippen molar-refractivity contribution in [2.24, 2.45) is 11.8 Å². The van der Waals surface area contributed by atoms with E-state index in [2.05, 4.69) is 28.9 Å². The third kappa shape index (κ3) is 2.87. The Morgan fingerprint density at radius 1 is 1.45 bits per heavy atom. The summed E-state index contributed by atoms with van der Waals surface area (Å²) in [5, 5.41) is 6.59. The maximum absolute atomic E-state index is 12.4. The first kappa shape index (κ1) is 15.1. The first-order valence-corrected chi connectivity index (χ1v) is 8.14. The van der Waals surface area contributed by atoms with E-state index in [1.807, 2.05) is 4.90 Å². The molecule has 2 aliphatic heterocycles. The molecule has 0 unspecified atom stereocenters. The van der Waals surface area contributed by atoms with Crippen LogP contribution in [0.2, 0.25) is 0 Å². The average molecular weight is 304 g/mol. The van der Waals surface area contributed by atoms with Gasteiger partial charge in [0.05, 0.1) is 0 Å². The summed E-state index contributed by atoms with van der Waals surface area (Å²) in [4.78, 5) is 28.6. The van der Waals surface area contributed by atoms with Crippen molar-refractivity contribution in [1.29, 1.82) is 0 Å². The molecule has 0 spiro atoms. The molecule has 120 valence electrons. The van der Waals surface area contributed by atoms with Gasteiger partial charge < -0.3 is 9.80 Å². The lowest BCUT2D eigenvalue weighted by Crippen LogP contribution is -2.57. The van der Waals surface area contributed by atoms with E-state index in [1.165, 1.54) is 0 Å². The monoisotopic (exact) mass is 304 g/mol. The molecule has 6 heteroatoms. The summed E-state index contributed by atoms with van der Waals surface area (Å²) in [6.07, 6.45) is 3.98. The van der Waals surface area contributed by atoms with Crippen LogP contribution in [-0.2, 0) is 4.79 Å². The van der Waals surface area contributed by atoms with E-state index in [0.717, 1.165) is 25.9 Å². The fourth-order valence-corrected chi connectivity index (χ4v) is 3.71. The molecule has 1 aromatic heterocycles. The molecule has 0 radical (unpaired) electrons. The molecule has 2 amide bonds. The lowest BCUT2D eigenvalue weighted by molar-refractivity contribution is -0.141. The van der Waals surface area contributed by atoms with Crippen molar-refractivity contribution in [3.8, 4) is 0 Å². The molecule has 1 aromatic rings. The van der Waals surface area contributed by atoms with Gasteiger partial charge in [-0.05, 0) is 30.7 Å². The number of aromatic amines is 1. The smallest absolute Gasteiger partial charge is 0.271 e. The Morgan fingerprint density at radius 3 is 2.95 bits per heavy atom. The van der Waals surface area contributed by atoms with Gasteiger partial charge in [-0.15, -0.1) is 0 Å². The maximum Gasteiger partial charge on any atom is 0.271 e. The molecule has 0 aromatic carbocycles. The van der Waals surface area contributed by atoms with Crippen LogP contribution in [0.1, 0.15) is 43.6 Å². The Bertz CT molecular complexity index is 540. The zero-order valence-corrected chi connectivity index (χ0v) is 13.3. The third-order valence-corrected chi connectivity index (χ3v) is 4.72. The van der Waals surface area contributed by atoms with Crippen LogP contribution in [0.4, 0.5) is 0 Å². The first-order chi connectivity index (χ1) is 10.6. The Labute approximate surface area is 130 Å². The number of hydrogen-bond donors (Lipinski definition) is 1. The van der Waals surface area contributed by atoms with E-state index in [9.17, 15) is 9.59 Å². The lowest BCUT2D eigenvalue weighted by Gasteiger charge is -2.47. The van der Waals surface area contributed by atoms with Crippen molar-refractivity contribution in [2.45, 2.75) is 39.2 Å². The highest BCUT2D eigenvalue weighted by atomic mass is 16.2. The van der Waals surface area contributed by atoms with Crippen molar-refractivity contribution in [2.75, 3.05) is 19.6 Å². The largest absolute Gasteiger partial charge is 0.339 e. The number of amides is 2. The second kappa shape index (κ2) is 6.10. The number of nitrogens with zero attached hydrogens (tertiary/aromatic N) is 3. The topological polar surface area (TPSA) is 69.3 Å². The predicted octanol–water partition coefficient (Wildman–Crippen LogP) is 1.52. The van der Waals surface area contributed by atoms with E-state index in [4.69, 9.17) is 0 Å². The van der Waals surface area contributed by atoms with Crippen molar-refractivity contribution < 1.29 is 9.59 Å². The zero-order chi connectivity index (χ0) is 15.7. The van der Waals surface area contributed by atoms with Crippen molar-refractivity contribution in [3.05, 3.63) is 18.0 Å². The number of fused-ring (bicyclic) bond motifs is 1. The maximum atomic E-state index is 12.4. The quantitative estimate of drug-likeness (QED) is 0.920. The second-order valence-corrected chi connectivity index (χ2v) is 6.82. The van der Waals surface area contributed by atoms with Crippen LogP contribution in [0.15, 0.2) is 12.3 Å². The van der Waals surface area contributed by atoms with E-state index < -0.39 is 0 Å². The number of aromatic nitrogens is 2. The van der Waals surface area contributed by atoms with Gasteiger partial charge in [-0.2, -0.15) is 5.10 Å². The normalized spacial score (nSPS) is 25.5. The van der Waals surface area contributed by atoms with Gasteiger partial charge in [-0.3, -0.25) is 14.7 Å². The minimum Gasteiger partial charge on any atom is -0.339 e. The summed E-state index contributed by atoms with van der Waals surface area (Å²) < 4.78 is 0. The Hall–Kier alpha value is -1.85. The van der Waals surface area contributed by atoms with Crippen molar-refractivity contribution >= 4 is 11.8 Å². The molecule has 3 heterocycles. The second-order valence-electron chi connectivity index (χ2n) is 6.82. The van der Waals surface area contributed by atoms with Gasteiger partial charge in [0.25, 0.3) is 5.91 Å². The molecule has 3 rings (SSSR count). The summed E-state index contributed by atoms with van der Waals surface area (Å²) in [6.45, 7) is 6.57. The number of carbonyl (C=O) groups excluding carboxylic acids is 2. The molecule has 6 nitrogen and oxygen atoms in total. The van der Waals surface area contributed by atoms with Gasteiger partial charge in [0, 0.05) is 38.3 Å². The van der Waals surface area contributed by atoms with Crippen LogP contribution < -0.4 is 0 Å². The van der Waals surface area contributed by atoms with Crippen molar-refractivity contribution in [3.63, 3.8) is 0 Å². The number of piperidine rings is 2. The molecule has 22 heavy (non-hydrogen) atoms. The van der Waals surface area contributed by atoms with E-state index in [1.54, 1.807) is 12.3 Å². The van der Waals surface area contributed by atoms with Gasteiger partial charge in [0.1, 0.15) is 5.69 Å². The molecular formula is C16H24N4O2. The Kier molecular flexibility index (Phi) is 4.18. The summed E-state index contributed by atoms with van der Waals surface area (Å²) >= 11 is 0. The minimum absolute atomic E-state index is 0.0169. The molecule has 1 N–H and O–H groups in total. The van der Waals surface area contributed by atoms with Gasteiger partial charge in [-0.1, -0.05) is 13.8 Å². The third-order valence-electron chi connectivity index (χ3n) is 4.72. The van der Waals surface area contributed by atoms with Crippen LogP contribution in [-0.4, -0.2) is 57.5 Å². The molecule has 0 bridgehead atoms. The number of carbonyl (C=O) groups is 2. The van der Waals surface area contributed by atoms with Gasteiger partial charge >= 0.3 is 0 Å². The lowest BCUT2D eigenvalue weighted by atomic mass is 9.83. The summed E-state index contributed by atoms with van der Waals surface area (Å²) in [7, 11) is 0. The highest BCUT2D eigenvalue weighted by molar-refractivity contribution is 5.92. The Morgan fingerprint density at radius 2 is 2.27 bits per heavy atom. The first-order valence-electron chi connectivity index (χ1n) is 8.14. The molecular weight excluding hydrogens is 280 g/mol. The summed E-state index contributed by atoms with van der Waals surface area (Å²) in [5.74, 6) is 1.18. The molecule has 2 saturated heterocycles. The van der Waals surface area contributed by atoms with E-state index in [0.29, 0.717) is 36.5 Å². The molecule has 2 aliphatic rings. The molecule has 2 atom stereocenters. The fourth-order valence-electron chi connectivity index (χ4n) is 3.71. The predicted molar refractivity (Wildman–Crippen MR) is 82.2 cm³/mol. The zero-order valence-electron chi connectivity index (χ0n) is 13.3. The van der Waals surface area contributed by atoms with Crippen LogP contribution >= 0.6 is 0 Å². The average Bonchev–Trinajstić information content (AvgIpc) is 3.03. The number of hydrogen-bond acceptors (Lipinski definition) is 3. The fraction of sp³-hybridized carbons (Fsp3) is 0.688. The number of H-pyrrole nitrogens is 1. The molecule has 2 fully saturated rings. The number of nitrogens with one attached hydrogen (secondary N) is 1. The van der Waals surface area contributed by atoms with Gasteiger partial charge in [0.15, 0.2) is 0 Å². The van der Waals surface area contributed by atoms with Crippen LogP contribution in [0.25, 0.3) is 0 Å². The van der Waals surface area contributed by atoms with Crippen LogP contribution in [0.3, 0.4) is 0 Å². The van der Waals surface area contributed by atoms with E-state index >= 15 is 0 Å². The summed E-state index contributed by atoms with van der Waals surface area (Å²) in [6, 6.07) is 2.01. The SMILES string of the molecule is CC(C)CN1C(=O)CC[C@@H]2CN(C(=O)c3ccn[nH]3)CC[C@@H]21. The van der Waals surface area contributed by atoms with Crippen LogP contribution in [0, 0.1) is 11.8 Å². The van der Waals surface area contributed by atoms with Crippen LogP contribution in [0.5, 0.6) is 0 Å². The highest BCUT2D eigenvalue weighted by Crippen LogP contribution is 2.32. The standard InChI is InChI=1S/C16H24N4O2/c1-11(2)9-20-14-6-8-19(10-12(14)3-4-15(20)21)16(22)13-5-7-17-18-13/h5,7,11-12,14H,3-4,6,8-10H2,1-2H3,(H,17,18)/t12-,14+/m1/s1. The molecule has 0 aliphatic carbocycles. The van der Waals surface area contributed by atoms with E-state index in [-0.39, 0.29) is 11.8 Å². The van der Waals surface area contributed by atoms with Gasteiger partial charge in [0.2, 0.25) is 5.91 Å². The van der Waals surface area contributed by atoms with Gasteiger partial charge in [-0.25, -0.2) is 0 Å². The number of rotatable bonds is 3. The minimum atomic E-state index is 0.0169. The van der Waals surface area contributed by atoms with Crippen molar-refractivity contribution in [1.82, 2.24) is 20.0 Å². The molecule has 0 saturated carbocycles. The highest BCUT2D eigenvalue weighted by Gasteiger charge is 2.40.